The summed E-state index contributed by atoms with van der Waals surface area (Å²) in [6, 6.07) is 42.1. The Morgan fingerprint density at radius 2 is 0.872 bits per heavy atom. The summed E-state index contributed by atoms with van der Waals surface area (Å²) in [6.07, 6.45) is 0.676. The monoisotopic (exact) mass is 1560 g/mol. The van der Waals surface area contributed by atoms with Crippen molar-refractivity contribution in [3.63, 3.8) is 0 Å². The molecule has 29 nitrogen and oxygen atoms in total. The Balaban J connectivity index is 0.000000270. The first-order valence-electron chi connectivity index (χ1n) is 32.5. The molecule has 1 fully saturated rings. The van der Waals surface area contributed by atoms with Crippen molar-refractivity contribution in [3.8, 4) is 57.5 Å². The van der Waals surface area contributed by atoms with Crippen LogP contribution in [0, 0.1) is 11.1 Å². The van der Waals surface area contributed by atoms with E-state index in [-0.39, 0.29) is 53.2 Å². The number of amides is 3. The number of carboxylic acids is 2. The average Bonchev–Trinajstić information content (AvgIpc) is 1.52. The third-order valence-corrected chi connectivity index (χ3v) is 15.2. The molecule has 0 spiro atoms. The lowest BCUT2D eigenvalue weighted by molar-refractivity contribution is -0.605. The number of benzene rings is 7. The number of hydrogen-bond acceptors (Lipinski definition) is 23. The molecule has 9 rings (SSSR count). The van der Waals surface area contributed by atoms with E-state index in [0.29, 0.717) is 91.6 Å². The van der Waals surface area contributed by atoms with Crippen LogP contribution < -0.4 is 73.8 Å². The number of carbonyl (C=O) groups excluding carboxylic acids is 6. The van der Waals surface area contributed by atoms with Crippen molar-refractivity contribution >= 4 is 93.5 Å². The van der Waals surface area contributed by atoms with Gasteiger partial charge in [-0.3, -0.25) is 38.4 Å². The standard InChI is InChI=1S/C29H28Cl2F2N2O8.C18H19NO5.C11H13NO5.C10H10O4.C8H11NO2/c1-39-22-8-6-18(10-25(22)40-2)34-27(36)12-28(37)42-24(11-19-20(30)13-35(38)14-21(19)31)17-5-7-23(43-29(32)33)26(9-17)41-15-16-3-4-16;1-22-15-9-8-14(10-16(15)23-2)19-17(20)11-18(21)24-12-13-6-4-3-5-7-13;1-16-8-4-3-7(5-9(8)17-2)12-10(13)6-11(14)15;11-9(12)6-10(13)14-7-8-4-2-1-3-5-8;1-10-7-4-3-6(9)5-8(7)11-2/h5-10,13-14,16,24,29H,3-4,11-12,15H2,1-2H3,(H,34,36);3-10H,11-12H2,1-2H3,(H,19,20);3-5H,6H2,1-2H3,(H,12,13)(H,14,15);1-5H,6-7H2,(H,11,12);3-5H,9H2,1-2H3/t24-;;;;/m0..../s1. The van der Waals surface area contributed by atoms with Crippen LogP contribution >= 0.6 is 23.2 Å². The van der Waals surface area contributed by atoms with E-state index in [1.165, 1.54) is 66.9 Å². The number of ether oxygens (including phenoxy) is 13. The molecule has 1 saturated carbocycles. The maximum atomic E-state index is 13.1. The molecular formula is C76H81Cl2F2N5O24. The number of esters is 3. The molecule has 0 bridgehead atoms. The molecule has 582 valence electrons. The lowest BCUT2D eigenvalue weighted by Gasteiger charge is -2.21. The maximum Gasteiger partial charge on any atom is 0.387 e. The lowest BCUT2D eigenvalue weighted by Crippen LogP contribution is -2.26. The van der Waals surface area contributed by atoms with Crippen LogP contribution in [-0.4, -0.2) is 128 Å². The van der Waals surface area contributed by atoms with Gasteiger partial charge in [0.1, 0.15) is 55.0 Å². The highest BCUT2D eigenvalue weighted by molar-refractivity contribution is 6.35. The number of carbonyl (C=O) groups is 8. The molecule has 1 atom stereocenters. The van der Waals surface area contributed by atoms with Gasteiger partial charge in [0.15, 0.2) is 69.9 Å². The summed E-state index contributed by atoms with van der Waals surface area (Å²) in [5.74, 6) is -1.94. The fourth-order valence-electron chi connectivity index (χ4n) is 9.17. The summed E-state index contributed by atoms with van der Waals surface area (Å²) in [5, 5.41) is 36.2. The summed E-state index contributed by atoms with van der Waals surface area (Å²) in [4.78, 5) is 91.8. The number of alkyl halides is 2. The average molecular weight is 1560 g/mol. The van der Waals surface area contributed by atoms with Crippen LogP contribution in [0.15, 0.2) is 164 Å². The summed E-state index contributed by atoms with van der Waals surface area (Å²) < 4.78 is 93.2. The zero-order chi connectivity index (χ0) is 80.0. The second-order valence-electron chi connectivity index (χ2n) is 22.6. The fraction of sp³-hybridized carbons (Fsp3) is 0.276. The molecule has 1 aliphatic carbocycles. The zero-order valence-electron chi connectivity index (χ0n) is 60.3. The van der Waals surface area contributed by atoms with Crippen LogP contribution in [-0.2, 0) is 72.2 Å². The number of pyridine rings is 1. The van der Waals surface area contributed by atoms with Gasteiger partial charge in [-0.1, -0.05) is 89.9 Å². The molecule has 1 aromatic heterocycles. The Morgan fingerprint density at radius 1 is 0.486 bits per heavy atom. The van der Waals surface area contributed by atoms with Gasteiger partial charge in [0.25, 0.3) is 0 Å². The third-order valence-electron chi connectivity index (χ3n) is 14.6. The molecule has 3 amide bonds. The molecule has 0 radical (unpaired) electrons. The van der Waals surface area contributed by atoms with Gasteiger partial charge < -0.3 is 98.7 Å². The van der Waals surface area contributed by atoms with Crippen molar-refractivity contribution < 1.29 is 124 Å². The van der Waals surface area contributed by atoms with Gasteiger partial charge in [0.05, 0.1) is 63.5 Å². The second-order valence-corrected chi connectivity index (χ2v) is 23.4. The highest BCUT2D eigenvalue weighted by atomic mass is 35.5. The third kappa shape index (κ3) is 31.6. The second kappa shape index (κ2) is 45.8. The van der Waals surface area contributed by atoms with Gasteiger partial charge in [0.2, 0.25) is 17.7 Å². The minimum Gasteiger partial charge on any atom is -0.619 e. The number of hydrogen-bond donors (Lipinski definition) is 6. The van der Waals surface area contributed by atoms with E-state index in [9.17, 15) is 52.3 Å². The zero-order valence-corrected chi connectivity index (χ0v) is 61.8. The maximum absolute atomic E-state index is 13.1. The number of nitrogens with two attached hydrogens (primary N) is 1. The molecule has 8 aromatic rings. The Morgan fingerprint density at radius 3 is 1.28 bits per heavy atom. The molecule has 1 aliphatic rings. The van der Waals surface area contributed by atoms with Crippen LogP contribution in [0.25, 0.3) is 0 Å². The first kappa shape index (κ1) is 87.1. The van der Waals surface area contributed by atoms with Crippen LogP contribution in [0.2, 0.25) is 10.0 Å². The number of carboxylic acid groups (broad SMARTS) is 2. The van der Waals surface area contributed by atoms with Gasteiger partial charge in [0, 0.05) is 59.0 Å². The number of nitrogens with zero attached hydrogens (tertiary/aromatic N) is 1. The van der Waals surface area contributed by atoms with Crippen LogP contribution in [0.3, 0.4) is 0 Å². The molecule has 0 aliphatic heterocycles. The fourth-order valence-corrected chi connectivity index (χ4v) is 9.77. The van der Waals surface area contributed by atoms with E-state index < -0.39 is 79.5 Å². The number of aromatic nitrogens is 1. The minimum atomic E-state index is -3.09. The number of halogens is 4. The van der Waals surface area contributed by atoms with E-state index in [2.05, 4.69) is 20.7 Å². The minimum absolute atomic E-state index is 0.0117. The molecule has 7 N–H and O–H groups in total. The molecule has 33 heteroatoms. The van der Waals surface area contributed by atoms with E-state index in [1.807, 2.05) is 48.5 Å². The number of anilines is 4. The first-order chi connectivity index (χ1) is 52.2. The topological polar surface area (TPSA) is 386 Å². The Labute approximate surface area is 635 Å². The summed E-state index contributed by atoms with van der Waals surface area (Å²) >= 11 is 12.5. The molecule has 7 aromatic carbocycles. The van der Waals surface area contributed by atoms with Crippen molar-refractivity contribution in [1.29, 1.82) is 0 Å². The molecule has 109 heavy (non-hydrogen) atoms. The Kier molecular flexibility index (Phi) is 36.6. The molecule has 1 heterocycles. The van der Waals surface area contributed by atoms with Gasteiger partial charge in [-0.2, -0.15) is 13.5 Å². The van der Waals surface area contributed by atoms with Crippen molar-refractivity contribution in [1.82, 2.24) is 0 Å². The summed E-state index contributed by atoms with van der Waals surface area (Å²) in [7, 11) is 12.1. The normalized spacial score (nSPS) is 11.1. The highest BCUT2D eigenvalue weighted by Crippen LogP contribution is 2.39. The molecular weight excluding hydrogens is 1480 g/mol. The Hall–Kier alpha value is -12.5. The van der Waals surface area contributed by atoms with Crippen molar-refractivity contribution in [2.45, 2.75) is 70.9 Å². The molecule has 0 saturated heterocycles. The van der Waals surface area contributed by atoms with Crippen molar-refractivity contribution in [2.75, 3.05) is 85.2 Å². The largest absolute Gasteiger partial charge is 0.619 e. The van der Waals surface area contributed by atoms with E-state index >= 15 is 0 Å². The number of nitrogen functional groups attached to an aromatic ring is 1. The summed E-state index contributed by atoms with van der Waals surface area (Å²) in [6.45, 7) is -2.53. The predicted octanol–water partition coefficient (Wildman–Crippen LogP) is 12.3. The van der Waals surface area contributed by atoms with Gasteiger partial charge >= 0.3 is 36.5 Å². The van der Waals surface area contributed by atoms with Crippen molar-refractivity contribution in [3.05, 3.63) is 202 Å². The van der Waals surface area contributed by atoms with Crippen LogP contribution in [0.1, 0.15) is 66.9 Å². The smallest absolute Gasteiger partial charge is 0.387 e. The van der Waals surface area contributed by atoms with E-state index in [0.717, 1.165) is 36.4 Å². The van der Waals surface area contributed by atoms with Crippen LogP contribution in [0.4, 0.5) is 31.5 Å². The number of aliphatic carboxylic acids is 2. The number of nitrogens with one attached hydrogen (secondary N) is 3. The van der Waals surface area contributed by atoms with E-state index in [1.54, 1.807) is 93.1 Å². The van der Waals surface area contributed by atoms with Gasteiger partial charge in [-0.15, -0.1) is 0 Å². The van der Waals surface area contributed by atoms with Crippen LogP contribution in [0.5, 0.6) is 57.5 Å². The quantitative estimate of drug-likeness (QED) is 0.00569. The van der Waals surface area contributed by atoms with Gasteiger partial charge in [-0.05, 0) is 96.1 Å². The SMILES string of the molecule is COc1ccc(N)cc1OC.COc1ccc(NC(=O)CC(=O)O)cc1OC.COc1ccc(NC(=O)CC(=O)OCc2ccccc2)cc1OC.COc1ccc(NC(=O)CC(=O)O[C@@H](Cc2c(Cl)c[n+]([O-])cc2Cl)c2ccc(OC(F)F)c(OCC3CC3)c2)cc1OC.O=C(O)CC(=O)OCc1ccccc1. The molecule has 0 unspecified atom stereocenters. The summed E-state index contributed by atoms with van der Waals surface area (Å²) in [5.41, 5.74) is 9.83. The lowest BCUT2D eigenvalue weighted by atomic mass is 10.0. The van der Waals surface area contributed by atoms with Crippen molar-refractivity contribution in [2.24, 2.45) is 5.92 Å². The first-order valence-corrected chi connectivity index (χ1v) is 33.3. The number of rotatable bonds is 32. The van der Waals surface area contributed by atoms with E-state index in [4.69, 9.17) is 96.0 Å². The highest BCUT2D eigenvalue weighted by Gasteiger charge is 2.28. The van der Waals surface area contributed by atoms with Gasteiger partial charge in [-0.25, -0.2) is 0 Å². The Bertz CT molecular complexity index is 4310. The predicted molar refractivity (Wildman–Crippen MR) is 394 cm³/mol. The number of methoxy groups -OCH3 is 8.